The van der Waals surface area contributed by atoms with E-state index in [1.54, 1.807) is 6.07 Å². The van der Waals surface area contributed by atoms with Crippen molar-refractivity contribution in [1.82, 2.24) is 4.90 Å². The SMILES string of the molecule is COc1c(C#N)ccc(OC(C)C(F)(F)F)c1C(=O)N1CC(c2ccccc2C(F)(F)F)C1. The standard InChI is InChI=1S/C22H18F6N2O3/c1-12(21(23,24)25)33-17-8-7-13(9-29)19(32-2)18(17)20(31)30-10-14(11-30)15-5-3-4-6-16(15)22(26,27)28/h3-8,12,14H,10-11H2,1-2H3. The highest BCUT2D eigenvalue weighted by Crippen LogP contribution is 2.41. The fraction of sp³-hybridized carbons (Fsp3) is 0.364. The van der Waals surface area contributed by atoms with Crippen molar-refractivity contribution in [3.8, 4) is 17.6 Å². The Morgan fingerprint density at radius 3 is 2.30 bits per heavy atom. The van der Waals surface area contributed by atoms with Crippen LogP contribution in [0.1, 0.15) is 39.9 Å². The number of benzene rings is 2. The first-order valence-corrected chi connectivity index (χ1v) is 9.68. The summed E-state index contributed by atoms with van der Waals surface area (Å²) in [6.45, 7) is 0.562. The molecule has 1 amide bonds. The first kappa shape index (κ1) is 24.2. The maximum Gasteiger partial charge on any atom is 0.425 e. The minimum Gasteiger partial charge on any atom is -0.494 e. The van der Waals surface area contributed by atoms with E-state index in [0.29, 0.717) is 0 Å². The minimum atomic E-state index is -4.72. The number of ether oxygens (including phenoxy) is 2. The average molecular weight is 472 g/mol. The number of amides is 1. The molecule has 11 heteroatoms. The van der Waals surface area contributed by atoms with Crippen LogP contribution < -0.4 is 9.47 Å². The lowest BCUT2D eigenvalue weighted by molar-refractivity contribution is -0.189. The van der Waals surface area contributed by atoms with Gasteiger partial charge in [-0.25, -0.2) is 0 Å². The predicted octanol–water partition coefficient (Wildman–Crippen LogP) is 5.15. The van der Waals surface area contributed by atoms with Gasteiger partial charge in [0, 0.05) is 19.0 Å². The Bertz CT molecular complexity index is 1090. The number of nitriles is 1. The van der Waals surface area contributed by atoms with E-state index in [-0.39, 0.29) is 30.0 Å². The fourth-order valence-corrected chi connectivity index (χ4v) is 3.53. The van der Waals surface area contributed by atoms with Crippen molar-refractivity contribution in [3.63, 3.8) is 0 Å². The number of halogens is 6. The summed E-state index contributed by atoms with van der Waals surface area (Å²) in [6, 6.07) is 9.00. The van der Waals surface area contributed by atoms with Crippen LogP contribution >= 0.6 is 0 Å². The second-order valence-corrected chi connectivity index (χ2v) is 7.43. The van der Waals surface area contributed by atoms with Crippen LogP contribution in [0.25, 0.3) is 0 Å². The van der Waals surface area contributed by atoms with Gasteiger partial charge in [0.15, 0.2) is 11.9 Å². The molecule has 1 unspecified atom stereocenters. The molecular weight excluding hydrogens is 454 g/mol. The Morgan fingerprint density at radius 2 is 1.76 bits per heavy atom. The first-order valence-electron chi connectivity index (χ1n) is 9.68. The molecule has 0 bridgehead atoms. The molecule has 3 rings (SSSR count). The van der Waals surface area contributed by atoms with Gasteiger partial charge < -0.3 is 14.4 Å². The van der Waals surface area contributed by atoms with Gasteiger partial charge in [0.1, 0.15) is 17.4 Å². The second kappa shape index (κ2) is 8.84. The van der Waals surface area contributed by atoms with Gasteiger partial charge in [-0.15, -0.1) is 0 Å². The summed E-state index contributed by atoms with van der Waals surface area (Å²) in [4.78, 5) is 14.3. The van der Waals surface area contributed by atoms with Crippen LogP contribution in [0.4, 0.5) is 26.3 Å². The number of methoxy groups -OCH3 is 1. The third-order valence-corrected chi connectivity index (χ3v) is 5.30. The van der Waals surface area contributed by atoms with Gasteiger partial charge in [0.05, 0.1) is 18.2 Å². The normalized spacial score (nSPS) is 15.4. The highest BCUT2D eigenvalue weighted by molar-refractivity contribution is 6.01. The molecule has 1 aliphatic heterocycles. The number of carbonyl (C=O) groups excluding carboxylic acids is 1. The van der Waals surface area contributed by atoms with Crippen molar-refractivity contribution >= 4 is 5.91 Å². The second-order valence-electron chi connectivity index (χ2n) is 7.43. The first-order chi connectivity index (χ1) is 15.4. The Morgan fingerprint density at radius 1 is 1.12 bits per heavy atom. The Kier molecular flexibility index (Phi) is 6.49. The molecule has 0 radical (unpaired) electrons. The molecule has 0 aromatic heterocycles. The van der Waals surface area contributed by atoms with E-state index < -0.39 is 47.2 Å². The molecule has 1 atom stereocenters. The smallest absolute Gasteiger partial charge is 0.425 e. The highest BCUT2D eigenvalue weighted by Gasteiger charge is 2.42. The number of hydrogen-bond donors (Lipinski definition) is 0. The minimum absolute atomic E-state index is 0.0222. The number of hydrogen-bond acceptors (Lipinski definition) is 4. The van der Waals surface area contributed by atoms with Gasteiger partial charge in [0.2, 0.25) is 0 Å². The molecule has 0 spiro atoms. The van der Waals surface area contributed by atoms with Crippen LogP contribution in [0.2, 0.25) is 0 Å². The van der Waals surface area contributed by atoms with Crippen LogP contribution in [0, 0.1) is 11.3 Å². The number of likely N-dealkylation sites (tertiary alicyclic amines) is 1. The summed E-state index contributed by atoms with van der Waals surface area (Å²) in [5.41, 5.74) is -1.29. The van der Waals surface area contributed by atoms with Crippen LogP contribution in [0.15, 0.2) is 36.4 Å². The van der Waals surface area contributed by atoms with Crippen molar-refractivity contribution in [2.45, 2.75) is 31.3 Å². The quantitative estimate of drug-likeness (QED) is 0.565. The zero-order valence-electron chi connectivity index (χ0n) is 17.4. The van der Waals surface area contributed by atoms with E-state index in [4.69, 9.17) is 9.47 Å². The molecule has 176 valence electrons. The number of rotatable bonds is 5. The fourth-order valence-electron chi connectivity index (χ4n) is 3.53. The van der Waals surface area contributed by atoms with Gasteiger partial charge in [-0.1, -0.05) is 18.2 Å². The molecule has 1 fully saturated rings. The molecule has 0 aliphatic carbocycles. The summed E-state index contributed by atoms with van der Waals surface area (Å²) in [6.07, 6.45) is -11.5. The van der Waals surface area contributed by atoms with E-state index in [9.17, 15) is 36.4 Å². The molecule has 1 aliphatic rings. The molecule has 2 aromatic rings. The van der Waals surface area contributed by atoms with Crippen molar-refractivity contribution in [3.05, 3.63) is 58.7 Å². The van der Waals surface area contributed by atoms with Gasteiger partial charge in [-0.05, 0) is 30.7 Å². The lowest BCUT2D eigenvalue weighted by Gasteiger charge is -2.41. The molecule has 1 saturated heterocycles. The lowest BCUT2D eigenvalue weighted by atomic mass is 9.87. The van der Waals surface area contributed by atoms with Gasteiger partial charge in [-0.2, -0.15) is 31.6 Å². The van der Waals surface area contributed by atoms with E-state index in [1.807, 2.05) is 0 Å². The Hall–Kier alpha value is -3.42. The Labute approximate surface area is 185 Å². The number of carbonyl (C=O) groups is 1. The van der Waals surface area contributed by atoms with Crippen LogP contribution in [0.3, 0.4) is 0 Å². The highest BCUT2D eigenvalue weighted by atomic mass is 19.4. The van der Waals surface area contributed by atoms with Crippen molar-refractivity contribution < 1.29 is 40.6 Å². The molecular formula is C22H18F6N2O3. The maximum absolute atomic E-state index is 13.3. The van der Waals surface area contributed by atoms with E-state index in [1.165, 1.54) is 23.1 Å². The van der Waals surface area contributed by atoms with E-state index >= 15 is 0 Å². The van der Waals surface area contributed by atoms with Crippen LogP contribution in [-0.2, 0) is 6.18 Å². The molecule has 2 aromatic carbocycles. The zero-order chi connectivity index (χ0) is 24.6. The van der Waals surface area contributed by atoms with Crippen molar-refractivity contribution in [2.24, 2.45) is 0 Å². The van der Waals surface area contributed by atoms with Crippen molar-refractivity contribution in [1.29, 1.82) is 5.26 Å². The van der Waals surface area contributed by atoms with Crippen LogP contribution in [0.5, 0.6) is 11.5 Å². The van der Waals surface area contributed by atoms with Gasteiger partial charge >= 0.3 is 12.4 Å². The summed E-state index contributed by atoms with van der Waals surface area (Å²) in [7, 11) is 1.14. The molecule has 0 N–H and O–H groups in total. The predicted molar refractivity (Wildman–Crippen MR) is 104 cm³/mol. The van der Waals surface area contributed by atoms with Gasteiger partial charge in [-0.3, -0.25) is 4.79 Å². The van der Waals surface area contributed by atoms with Crippen molar-refractivity contribution in [2.75, 3.05) is 20.2 Å². The third kappa shape index (κ3) is 4.84. The number of alkyl halides is 6. The average Bonchev–Trinajstić information content (AvgIpc) is 2.71. The maximum atomic E-state index is 13.3. The van der Waals surface area contributed by atoms with E-state index in [0.717, 1.165) is 32.2 Å². The summed E-state index contributed by atoms with van der Waals surface area (Å²) in [5, 5.41) is 9.28. The van der Waals surface area contributed by atoms with Crippen LogP contribution in [-0.4, -0.2) is 43.3 Å². The summed E-state index contributed by atoms with van der Waals surface area (Å²) in [5.74, 6) is -2.14. The topological polar surface area (TPSA) is 62.6 Å². The van der Waals surface area contributed by atoms with Gasteiger partial charge in [0.25, 0.3) is 5.91 Å². The molecule has 5 nitrogen and oxygen atoms in total. The largest absolute Gasteiger partial charge is 0.494 e. The Balaban J connectivity index is 1.91. The monoisotopic (exact) mass is 472 g/mol. The van der Waals surface area contributed by atoms with E-state index in [2.05, 4.69) is 0 Å². The zero-order valence-corrected chi connectivity index (χ0v) is 17.4. The molecule has 0 saturated carbocycles. The summed E-state index contributed by atoms with van der Waals surface area (Å²) < 4.78 is 89.0. The lowest BCUT2D eigenvalue weighted by Crippen LogP contribution is -2.49. The summed E-state index contributed by atoms with van der Waals surface area (Å²) >= 11 is 0. The number of nitrogens with zero attached hydrogens (tertiary/aromatic N) is 2. The molecule has 33 heavy (non-hydrogen) atoms. The molecule has 1 heterocycles. The third-order valence-electron chi connectivity index (χ3n) is 5.30.